The molecule has 0 spiro atoms. The first-order valence-corrected chi connectivity index (χ1v) is 15.6. The van der Waals surface area contributed by atoms with Crippen molar-refractivity contribution >= 4 is 73.0 Å². The Kier molecular flexibility index (Phi) is 2.90. The van der Waals surface area contributed by atoms with Gasteiger partial charge in [-0.15, -0.1) is 0 Å². The van der Waals surface area contributed by atoms with Gasteiger partial charge in [-0.1, -0.05) is 143 Å². The summed E-state index contributed by atoms with van der Waals surface area (Å²) in [6.45, 7) is -5.39. The van der Waals surface area contributed by atoms with Crippen LogP contribution in [0.4, 0.5) is 0 Å². The van der Waals surface area contributed by atoms with Gasteiger partial charge in [0.05, 0.1) is 48.1 Å². The Morgan fingerprint density at radius 3 is 1.88 bits per heavy atom. The lowest BCUT2D eigenvalue weighted by Gasteiger charge is -2.30. The van der Waals surface area contributed by atoms with Crippen LogP contribution in [-0.2, 0) is 0 Å². The number of aromatic nitrogens is 1. The summed E-state index contributed by atoms with van der Waals surface area (Å²) in [4.78, 5) is 29.0. The normalized spacial score (nSPS) is 20.1. The van der Waals surface area contributed by atoms with E-state index in [1.807, 2.05) is 0 Å². The molecule has 0 saturated heterocycles. The quantitative estimate of drug-likeness (QED) is 0.107. The maximum atomic E-state index is 15.4. The molecule has 0 bridgehead atoms. The van der Waals surface area contributed by atoms with Crippen molar-refractivity contribution in [2.45, 2.75) is 16.6 Å². The second-order valence-electron chi connectivity index (χ2n) is 11.2. The van der Waals surface area contributed by atoms with Gasteiger partial charge in [0.1, 0.15) is 0 Å². The minimum atomic E-state index is -3.22. The first-order chi connectivity index (χ1) is 35.3. The Bertz CT molecular complexity index is 4260. The van der Waals surface area contributed by atoms with Crippen molar-refractivity contribution in [2.24, 2.45) is 0 Å². The van der Waals surface area contributed by atoms with E-state index in [-0.39, 0.29) is 0 Å². The maximum absolute atomic E-state index is 15.4. The van der Waals surface area contributed by atoms with E-state index in [2.05, 4.69) is 0 Å². The van der Waals surface area contributed by atoms with Crippen LogP contribution in [-0.4, -0.2) is 11.1 Å². The Morgan fingerprint density at radius 2 is 1.18 bits per heavy atom. The lowest BCUT2D eigenvalue weighted by molar-refractivity contribution is 1.29. The number of hydrogen-bond donors (Lipinski definition) is 0. The monoisotopic (exact) mass is 683 g/mol. The van der Waals surface area contributed by atoms with E-state index in [1.54, 1.807) is 0 Å². The molecule has 3 nitrogen and oxygen atoms in total. The summed E-state index contributed by atoms with van der Waals surface area (Å²) in [6, 6.07) is -20.0. The lowest BCUT2D eigenvalue weighted by atomic mass is 9.34. The Balaban J connectivity index is 1.57. The molecule has 50 heavy (non-hydrogen) atoms. The van der Waals surface area contributed by atoms with Gasteiger partial charge in [-0.05, 0) is 70.9 Å². The molecule has 0 aliphatic carbocycles. The summed E-state index contributed by atoms with van der Waals surface area (Å²) in [6.07, 6.45) is 0. The fourth-order valence-corrected chi connectivity index (χ4v) is 7.57. The highest BCUT2D eigenvalue weighted by Crippen LogP contribution is 2.36. The van der Waals surface area contributed by atoms with Gasteiger partial charge in [0, 0.05) is 35.4 Å². The predicted octanol–water partition coefficient (Wildman–Crippen LogP) is 8.18. The van der Waals surface area contributed by atoms with Crippen molar-refractivity contribution in [3.05, 3.63) is 177 Å². The third kappa shape index (κ3) is 4.20. The van der Waals surface area contributed by atoms with E-state index < -0.39 is 255 Å². The molecule has 3 heterocycles. The molecule has 5 heteroatoms. The van der Waals surface area contributed by atoms with Gasteiger partial charge in [0.15, 0.2) is 10.9 Å². The van der Waals surface area contributed by atoms with E-state index >= 15 is 4.79 Å². The van der Waals surface area contributed by atoms with Gasteiger partial charge in [-0.3, -0.25) is 9.59 Å². The fourth-order valence-electron chi connectivity index (χ4n) is 6.56. The highest BCUT2D eigenvalue weighted by Gasteiger charge is 2.36. The highest BCUT2D eigenvalue weighted by atomic mass is 32.2. The van der Waals surface area contributed by atoms with Crippen molar-refractivity contribution in [3.8, 4) is 22.3 Å². The van der Waals surface area contributed by atoms with Crippen LogP contribution in [0.25, 0.3) is 60.3 Å². The number of benzene rings is 7. The molecule has 0 atom stereocenters. The molecule has 2 aromatic heterocycles. The van der Waals surface area contributed by atoms with Crippen LogP contribution in [0.2, 0.25) is 0 Å². The zero-order chi connectivity index (χ0) is 56.0. The minimum absolute atomic E-state index is 0.430. The van der Waals surface area contributed by atoms with Gasteiger partial charge in [0.25, 0.3) is 0 Å². The first-order valence-electron chi connectivity index (χ1n) is 27.8. The van der Waals surface area contributed by atoms with Crippen molar-refractivity contribution in [1.29, 1.82) is 0 Å². The first kappa shape index (κ1) is 13.1. The van der Waals surface area contributed by atoms with E-state index in [0.29, 0.717) is 11.8 Å². The van der Waals surface area contributed by atoms with E-state index in [1.165, 1.54) is 0 Å². The van der Waals surface area contributed by atoms with Gasteiger partial charge >= 0.3 is 0 Å². The summed E-state index contributed by atoms with van der Waals surface area (Å²) in [5.74, 6) is 0. The molecular weight excluding hydrogens is 629 g/mol. The standard InChI is InChI=1S/C45H28BNO2S/c1-27-23-33(28-13-4-2-5-14-28)42(34(24-27)29-15-6-3-7-16-29)46-36-20-9-11-22-40(36)50-41-26-39-35(25-37(41)46)45(49)32-19-12-18-31-43(32)47(39)38-21-10-8-17-30(38)44(31)48/h2-26H,1H3/i1D3,2D,3D,4D,5D,6D,7D,8D,9D,10D,11D,12D,13D,14D,15D,16D,17D,18D,19D,20D,21D,22D,25D,26D. The molecule has 0 N–H and O–H groups in total. The van der Waals surface area contributed by atoms with Crippen molar-refractivity contribution in [1.82, 2.24) is 4.40 Å². The second kappa shape index (κ2) is 11.1. The molecule has 1 aliphatic heterocycles. The van der Waals surface area contributed by atoms with Gasteiger partial charge in [-0.2, -0.15) is 0 Å². The van der Waals surface area contributed by atoms with Gasteiger partial charge in [-0.25, -0.2) is 0 Å². The lowest BCUT2D eigenvalue weighted by Crippen LogP contribution is -2.56. The van der Waals surface area contributed by atoms with Crippen LogP contribution < -0.4 is 27.2 Å². The molecule has 9 aromatic rings. The summed E-state index contributed by atoms with van der Waals surface area (Å²) in [7, 11) is 0. The van der Waals surface area contributed by atoms with E-state index in [4.69, 9.17) is 24.7 Å². The Morgan fingerprint density at radius 1 is 0.580 bits per heavy atom. The highest BCUT2D eigenvalue weighted by molar-refractivity contribution is 8.00. The zero-order valence-electron chi connectivity index (χ0n) is 50.9. The average Bonchev–Trinajstić information content (AvgIpc) is 3.37. The summed E-state index contributed by atoms with van der Waals surface area (Å²) >= 11 is 0.430. The van der Waals surface area contributed by atoms with Crippen LogP contribution in [0.1, 0.15) is 41.2 Å². The summed E-state index contributed by atoms with van der Waals surface area (Å²) < 4.78 is 234. The SMILES string of the molecule is [2H]c1c([2H])c([2H])c(-c2cc(C([2H])([2H])[2H])cc(-c3c([2H])c([2H])c([2H])c([2H])c3[2H])c2B2c3c([2H])c([2H])c([2H])c([2H])c3Sc3c2c([2H])c2c(=O)c4c([2H])c([2H])c([2H])c5c(=O)c6c([2H])c([2H])c([2H])c([2H])c6n(c2c3[2H])c54)c([2H])c1[2H]. The fraction of sp³-hybridized carbons (Fsp3) is 0.0222. The maximum Gasteiger partial charge on any atom is 0.245 e. The predicted molar refractivity (Wildman–Crippen MR) is 211 cm³/mol. The Hall–Kier alpha value is -5.91. The average molecular weight is 684 g/mol. The third-order valence-electron chi connectivity index (χ3n) is 8.54. The van der Waals surface area contributed by atoms with Crippen molar-refractivity contribution in [3.63, 3.8) is 0 Å². The van der Waals surface area contributed by atoms with Gasteiger partial charge < -0.3 is 4.40 Å². The molecule has 0 saturated carbocycles. The van der Waals surface area contributed by atoms with Crippen LogP contribution in [0.3, 0.4) is 0 Å². The minimum Gasteiger partial charge on any atom is -0.307 e. The molecule has 7 aromatic carbocycles. The molecule has 0 amide bonds. The van der Waals surface area contributed by atoms with Crippen LogP contribution in [0.15, 0.2) is 170 Å². The summed E-state index contributed by atoms with van der Waals surface area (Å²) in [5, 5.41) is -3.29. The number of fused-ring (bicyclic) bond motifs is 6. The molecule has 0 unspecified atom stereocenters. The third-order valence-corrected chi connectivity index (χ3v) is 9.59. The van der Waals surface area contributed by atoms with Crippen molar-refractivity contribution < 1.29 is 35.6 Å². The number of aryl methyl sites for hydroxylation is 1. The molecular formula is C45H28BNO2S. The van der Waals surface area contributed by atoms with E-state index in [9.17, 15) is 15.8 Å². The Labute approximate surface area is 329 Å². The molecule has 10 rings (SSSR count). The molecule has 0 fully saturated rings. The van der Waals surface area contributed by atoms with Crippen molar-refractivity contribution in [2.75, 3.05) is 0 Å². The van der Waals surface area contributed by atoms with Crippen LogP contribution in [0.5, 0.6) is 0 Å². The molecule has 1 aliphatic rings. The van der Waals surface area contributed by atoms with Gasteiger partial charge in [0.2, 0.25) is 6.71 Å². The number of hydrogen-bond acceptors (Lipinski definition) is 3. The van der Waals surface area contributed by atoms with Crippen LogP contribution in [0, 0.1) is 6.85 Å². The topological polar surface area (TPSA) is 38.5 Å². The molecule has 0 radical (unpaired) electrons. The summed E-state index contributed by atoms with van der Waals surface area (Å²) in [5.41, 5.74) is -10.0. The zero-order valence-corrected chi connectivity index (χ0v) is 25.7. The van der Waals surface area contributed by atoms with Crippen LogP contribution >= 0.6 is 11.8 Å². The number of pyridine rings is 2. The second-order valence-corrected chi connectivity index (χ2v) is 12.2. The number of para-hydroxylation sites is 2. The number of rotatable bonds is 3. The van der Waals surface area contributed by atoms with E-state index in [0.717, 1.165) is 16.5 Å². The smallest absolute Gasteiger partial charge is 0.245 e. The largest absolute Gasteiger partial charge is 0.307 e. The molecule has 234 valence electrons. The number of nitrogens with zero attached hydrogens (tertiary/aromatic N) is 1.